The number of benzene rings is 2. The summed E-state index contributed by atoms with van der Waals surface area (Å²) >= 11 is 6.09. The average molecular weight is 273 g/mol. The topological polar surface area (TPSA) is 29.3 Å². The smallest absolute Gasteiger partial charge is 0.0665 e. The molecular weight excluding hydrogens is 256 g/mol. The van der Waals surface area contributed by atoms with Gasteiger partial charge in [-0.15, -0.1) is 0 Å². The highest BCUT2D eigenvalue weighted by atomic mass is 35.5. The van der Waals surface area contributed by atoms with Crippen molar-refractivity contribution in [1.29, 1.82) is 0 Å². The Morgan fingerprint density at radius 3 is 2.79 bits per heavy atom. The Morgan fingerprint density at radius 2 is 2.00 bits per heavy atom. The number of anilines is 1. The molecule has 19 heavy (non-hydrogen) atoms. The number of para-hydroxylation sites is 1. The molecule has 1 aliphatic heterocycles. The number of fused-ring (bicyclic) bond motifs is 1. The normalized spacial score (nSPS) is 15.4. The van der Waals surface area contributed by atoms with Crippen molar-refractivity contribution in [2.24, 2.45) is 5.73 Å². The Hall–Kier alpha value is -1.51. The van der Waals surface area contributed by atoms with E-state index in [9.17, 15) is 0 Å². The minimum Gasteiger partial charge on any atom is -0.363 e. The van der Waals surface area contributed by atoms with E-state index in [4.69, 9.17) is 17.3 Å². The fourth-order valence-corrected chi connectivity index (χ4v) is 3.04. The van der Waals surface area contributed by atoms with Crippen molar-refractivity contribution >= 4 is 17.3 Å². The third kappa shape index (κ3) is 2.34. The van der Waals surface area contributed by atoms with Gasteiger partial charge >= 0.3 is 0 Å². The van der Waals surface area contributed by atoms with Gasteiger partial charge in [-0.25, -0.2) is 0 Å². The van der Waals surface area contributed by atoms with E-state index in [0.29, 0.717) is 6.54 Å². The van der Waals surface area contributed by atoms with Gasteiger partial charge in [-0.3, -0.25) is 0 Å². The van der Waals surface area contributed by atoms with E-state index >= 15 is 0 Å². The summed E-state index contributed by atoms with van der Waals surface area (Å²) < 4.78 is 0. The van der Waals surface area contributed by atoms with Crippen LogP contribution in [0.2, 0.25) is 5.02 Å². The lowest BCUT2D eigenvalue weighted by molar-refractivity contribution is 0.649. The molecule has 0 radical (unpaired) electrons. The fraction of sp³-hybridized carbons (Fsp3) is 0.250. The van der Waals surface area contributed by atoms with Crippen LogP contribution in [0.25, 0.3) is 0 Å². The SMILES string of the molecule is NCC(c1cccc(Cl)c1)N1CCc2ccccc21. The van der Waals surface area contributed by atoms with E-state index in [0.717, 1.165) is 18.0 Å². The van der Waals surface area contributed by atoms with Gasteiger partial charge in [0.2, 0.25) is 0 Å². The van der Waals surface area contributed by atoms with Crippen LogP contribution in [0.1, 0.15) is 17.2 Å². The van der Waals surface area contributed by atoms with E-state index in [1.54, 1.807) is 0 Å². The van der Waals surface area contributed by atoms with Crippen molar-refractivity contribution in [2.45, 2.75) is 12.5 Å². The molecule has 2 aromatic carbocycles. The molecule has 3 heteroatoms. The summed E-state index contributed by atoms with van der Waals surface area (Å²) in [5, 5.41) is 0.767. The van der Waals surface area contributed by atoms with Crippen LogP contribution in [0.4, 0.5) is 5.69 Å². The maximum absolute atomic E-state index is 6.09. The summed E-state index contributed by atoms with van der Waals surface area (Å²) in [6.45, 7) is 1.61. The van der Waals surface area contributed by atoms with Gasteiger partial charge in [0.1, 0.15) is 0 Å². The molecular formula is C16H17ClN2. The molecule has 0 saturated heterocycles. The molecule has 0 spiro atoms. The van der Waals surface area contributed by atoms with Gasteiger partial charge in [0.05, 0.1) is 6.04 Å². The predicted octanol–water partition coefficient (Wildman–Crippen LogP) is 3.40. The average Bonchev–Trinajstić information content (AvgIpc) is 2.84. The summed E-state index contributed by atoms with van der Waals surface area (Å²) in [5.41, 5.74) is 9.90. The first-order valence-electron chi connectivity index (χ1n) is 6.59. The highest BCUT2D eigenvalue weighted by Crippen LogP contribution is 2.34. The first-order valence-corrected chi connectivity index (χ1v) is 6.97. The van der Waals surface area contributed by atoms with Gasteiger partial charge in [0.25, 0.3) is 0 Å². The minimum absolute atomic E-state index is 0.197. The Kier molecular flexibility index (Phi) is 3.45. The number of hydrogen-bond acceptors (Lipinski definition) is 2. The van der Waals surface area contributed by atoms with Crippen LogP contribution in [-0.2, 0) is 6.42 Å². The van der Waals surface area contributed by atoms with Gasteiger partial charge in [0, 0.05) is 23.8 Å². The molecule has 98 valence electrons. The highest BCUT2D eigenvalue weighted by Gasteiger charge is 2.25. The van der Waals surface area contributed by atoms with Crippen LogP contribution < -0.4 is 10.6 Å². The molecule has 0 aromatic heterocycles. The van der Waals surface area contributed by atoms with E-state index < -0.39 is 0 Å². The van der Waals surface area contributed by atoms with Gasteiger partial charge in [-0.2, -0.15) is 0 Å². The van der Waals surface area contributed by atoms with Gasteiger partial charge in [0.15, 0.2) is 0 Å². The van der Waals surface area contributed by atoms with Crippen LogP contribution in [0.3, 0.4) is 0 Å². The van der Waals surface area contributed by atoms with E-state index in [1.165, 1.54) is 16.8 Å². The lowest BCUT2D eigenvalue weighted by Gasteiger charge is -2.30. The van der Waals surface area contributed by atoms with Gasteiger partial charge < -0.3 is 10.6 Å². The first kappa shape index (κ1) is 12.5. The number of halogens is 1. The van der Waals surface area contributed by atoms with Crippen LogP contribution in [-0.4, -0.2) is 13.1 Å². The zero-order valence-electron chi connectivity index (χ0n) is 10.7. The Labute approximate surface area is 118 Å². The molecule has 1 unspecified atom stereocenters. The molecule has 2 aromatic rings. The lowest BCUT2D eigenvalue weighted by Crippen LogP contribution is -2.32. The standard InChI is InChI=1S/C16H17ClN2/c17-14-6-3-5-13(10-14)16(11-18)19-9-8-12-4-1-2-7-15(12)19/h1-7,10,16H,8-9,11,18H2. The summed E-state index contributed by atoms with van der Waals surface area (Å²) in [6.07, 6.45) is 1.09. The molecule has 0 aliphatic carbocycles. The van der Waals surface area contributed by atoms with Gasteiger partial charge in [-0.1, -0.05) is 41.9 Å². The van der Waals surface area contributed by atoms with Crippen LogP contribution in [0.5, 0.6) is 0 Å². The lowest BCUT2D eigenvalue weighted by atomic mass is 10.1. The number of hydrogen-bond donors (Lipinski definition) is 1. The Bertz CT molecular complexity index is 582. The molecule has 1 heterocycles. The molecule has 0 saturated carbocycles. The Balaban J connectivity index is 1.96. The van der Waals surface area contributed by atoms with E-state index in [-0.39, 0.29) is 6.04 Å². The van der Waals surface area contributed by atoms with E-state index in [1.807, 2.05) is 18.2 Å². The zero-order chi connectivity index (χ0) is 13.2. The number of nitrogens with two attached hydrogens (primary N) is 1. The quantitative estimate of drug-likeness (QED) is 0.928. The van der Waals surface area contributed by atoms with Gasteiger partial charge in [-0.05, 0) is 35.7 Å². The zero-order valence-corrected chi connectivity index (χ0v) is 11.5. The third-order valence-electron chi connectivity index (χ3n) is 3.76. The molecule has 0 fully saturated rings. The molecule has 3 rings (SSSR count). The van der Waals surface area contributed by atoms with Crippen LogP contribution in [0, 0.1) is 0 Å². The first-order chi connectivity index (χ1) is 9.29. The summed E-state index contributed by atoms with van der Waals surface area (Å²) in [5.74, 6) is 0. The van der Waals surface area contributed by atoms with Crippen molar-refractivity contribution < 1.29 is 0 Å². The fourth-order valence-electron chi connectivity index (χ4n) is 2.84. The highest BCUT2D eigenvalue weighted by molar-refractivity contribution is 6.30. The molecule has 2 nitrogen and oxygen atoms in total. The number of nitrogens with zero attached hydrogens (tertiary/aromatic N) is 1. The van der Waals surface area contributed by atoms with Crippen molar-refractivity contribution in [1.82, 2.24) is 0 Å². The second-order valence-corrected chi connectivity index (χ2v) is 5.32. The molecule has 0 bridgehead atoms. The molecule has 1 atom stereocenters. The van der Waals surface area contributed by atoms with Crippen molar-refractivity contribution in [3.8, 4) is 0 Å². The maximum atomic E-state index is 6.09. The van der Waals surface area contributed by atoms with E-state index in [2.05, 4.69) is 35.2 Å². The van der Waals surface area contributed by atoms with Crippen molar-refractivity contribution in [3.05, 3.63) is 64.7 Å². The number of rotatable bonds is 3. The second-order valence-electron chi connectivity index (χ2n) is 4.88. The van der Waals surface area contributed by atoms with Crippen LogP contribution >= 0.6 is 11.6 Å². The van der Waals surface area contributed by atoms with Crippen molar-refractivity contribution in [2.75, 3.05) is 18.0 Å². The van der Waals surface area contributed by atoms with Crippen molar-refractivity contribution in [3.63, 3.8) is 0 Å². The largest absolute Gasteiger partial charge is 0.363 e. The second kappa shape index (κ2) is 5.24. The van der Waals surface area contributed by atoms with Crippen LogP contribution in [0.15, 0.2) is 48.5 Å². The Morgan fingerprint density at radius 1 is 1.16 bits per heavy atom. The molecule has 2 N–H and O–H groups in total. The minimum atomic E-state index is 0.197. The monoisotopic (exact) mass is 272 g/mol. The molecule has 1 aliphatic rings. The summed E-state index contributed by atoms with van der Waals surface area (Å²) in [4.78, 5) is 2.39. The predicted molar refractivity (Wildman–Crippen MR) is 80.7 cm³/mol. The summed E-state index contributed by atoms with van der Waals surface area (Å²) in [7, 11) is 0. The summed E-state index contributed by atoms with van der Waals surface area (Å²) in [6, 6.07) is 16.8. The molecule has 0 amide bonds. The maximum Gasteiger partial charge on any atom is 0.0665 e. The third-order valence-corrected chi connectivity index (χ3v) is 3.99.